The fourth-order valence-electron chi connectivity index (χ4n) is 3.07. The molecule has 0 saturated carbocycles. The van der Waals surface area contributed by atoms with Crippen molar-refractivity contribution in [3.63, 3.8) is 0 Å². The molecule has 3 rings (SSSR count). The lowest BCUT2D eigenvalue weighted by molar-refractivity contribution is 0.390. The van der Waals surface area contributed by atoms with Gasteiger partial charge in [0.25, 0.3) is 0 Å². The van der Waals surface area contributed by atoms with Gasteiger partial charge in [-0.15, -0.1) is 0 Å². The van der Waals surface area contributed by atoms with E-state index in [1.54, 1.807) is 19.2 Å². The molecule has 0 spiro atoms. The Kier molecular flexibility index (Phi) is 4.56. The predicted molar refractivity (Wildman–Crippen MR) is 90.0 cm³/mol. The molecule has 5 nitrogen and oxygen atoms in total. The van der Waals surface area contributed by atoms with E-state index in [-0.39, 0.29) is 10.9 Å². The van der Waals surface area contributed by atoms with Crippen LogP contribution in [-0.2, 0) is 10.0 Å². The molecule has 1 aliphatic rings. The van der Waals surface area contributed by atoms with Crippen LogP contribution < -0.4 is 4.74 Å². The molecule has 1 atom stereocenters. The molecule has 1 heterocycles. The van der Waals surface area contributed by atoms with E-state index >= 15 is 0 Å². The molecule has 2 aromatic rings. The fraction of sp³-hybridized carbons (Fsp3) is 0.278. The molecule has 0 aliphatic carbocycles. The van der Waals surface area contributed by atoms with E-state index in [9.17, 15) is 8.42 Å². The van der Waals surface area contributed by atoms with Crippen LogP contribution in [0.25, 0.3) is 0 Å². The fourth-order valence-corrected chi connectivity index (χ4v) is 4.80. The zero-order valence-electron chi connectivity index (χ0n) is 13.3. The highest BCUT2D eigenvalue weighted by Gasteiger charge is 2.36. The van der Waals surface area contributed by atoms with Crippen molar-refractivity contribution in [1.29, 1.82) is 5.26 Å². The van der Waals surface area contributed by atoms with Crippen LogP contribution in [0.4, 0.5) is 0 Å². The van der Waals surface area contributed by atoms with E-state index in [4.69, 9.17) is 10.00 Å². The quantitative estimate of drug-likeness (QED) is 0.856. The number of sulfonamides is 1. The second-order valence-corrected chi connectivity index (χ2v) is 7.58. The Balaban J connectivity index is 1.98. The second-order valence-electron chi connectivity index (χ2n) is 5.69. The molecule has 1 fully saturated rings. The molecule has 0 aromatic heterocycles. The lowest BCUT2D eigenvalue weighted by Crippen LogP contribution is -2.30. The largest absolute Gasteiger partial charge is 0.497 e. The minimum absolute atomic E-state index is 0.163. The van der Waals surface area contributed by atoms with Crippen LogP contribution in [-0.4, -0.2) is 26.4 Å². The van der Waals surface area contributed by atoms with Gasteiger partial charge in [0, 0.05) is 6.54 Å². The Morgan fingerprint density at radius 2 is 2.00 bits per heavy atom. The van der Waals surface area contributed by atoms with E-state index in [2.05, 4.69) is 0 Å². The van der Waals surface area contributed by atoms with Crippen molar-refractivity contribution in [3.8, 4) is 11.8 Å². The van der Waals surface area contributed by atoms with E-state index in [0.717, 1.165) is 18.4 Å². The Hall–Kier alpha value is -2.36. The molecule has 1 aliphatic heterocycles. The van der Waals surface area contributed by atoms with E-state index in [0.29, 0.717) is 17.9 Å². The first-order valence-corrected chi connectivity index (χ1v) is 9.16. The molecule has 24 heavy (non-hydrogen) atoms. The third kappa shape index (κ3) is 3.01. The number of hydrogen-bond acceptors (Lipinski definition) is 4. The van der Waals surface area contributed by atoms with Crippen LogP contribution in [0, 0.1) is 11.3 Å². The van der Waals surface area contributed by atoms with Gasteiger partial charge in [-0.3, -0.25) is 0 Å². The molecule has 0 unspecified atom stereocenters. The Morgan fingerprint density at radius 1 is 1.21 bits per heavy atom. The van der Waals surface area contributed by atoms with Crippen LogP contribution in [0.2, 0.25) is 0 Å². The monoisotopic (exact) mass is 342 g/mol. The molecule has 0 bridgehead atoms. The van der Waals surface area contributed by atoms with Gasteiger partial charge in [0.2, 0.25) is 10.0 Å². The Labute approximate surface area is 142 Å². The Morgan fingerprint density at radius 3 is 2.75 bits per heavy atom. The van der Waals surface area contributed by atoms with Gasteiger partial charge < -0.3 is 4.74 Å². The molecule has 124 valence electrons. The van der Waals surface area contributed by atoms with Gasteiger partial charge in [0.15, 0.2) is 0 Å². The zero-order valence-corrected chi connectivity index (χ0v) is 14.2. The van der Waals surface area contributed by atoms with Crippen LogP contribution in [0.3, 0.4) is 0 Å². The maximum Gasteiger partial charge on any atom is 0.243 e. The molecule has 6 heteroatoms. The van der Waals surface area contributed by atoms with Crippen molar-refractivity contribution in [2.45, 2.75) is 23.8 Å². The van der Waals surface area contributed by atoms with Crippen LogP contribution in [0.5, 0.6) is 5.75 Å². The summed E-state index contributed by atoms with van der Waals surface area (Å²) < 4.78 is 32.8. The van der Waals surface area contributed by atoms with Gasteiger partial charge in [-0.1, -0.05) is 18.2 Å². The highest BCUT2D eigenvalue weighted by atomic mass is 32.2. The average Bonchev–Trinajstić information content (AvgIpc) is 3.12. The lowest BCUT2D eigenvalue weighted by atomic mass is 10.1. The molecular weight excluding hydrogens is 324 g/mol. The zero-order chi connectivity index (χ0) is 17.2. The summed E-state index contributed by atoms with van der Waals surface area (Å²) in [6.07, 6.45) is 1.57. The molecule has 0 N–H and O–H groups in total. The normalized spacial score (nSPS) is 18.2. The third-order valence-electron chi connectivity index (χ3n) is 4.25. The van der Waals surface area contributed by atoms with E-state index in [1.165, 1.54) is 16.4 Å². The van der Waals surface area contributed by atoms with Crippen molar-refractivity contribution < 1.29 is 13.2 Å². The number of ether oxygens (including phenoxy) is 1. The maximum atomic E-state index is 13.0. The summed E-state index contributed by atoms with van der Waals surface area (Å²) in [6.45, 7) is 0.473. The van der Waals surface area contributed by atoms with Crippen molar-refractivity contribution in [2.24, 2.45) is 0 Å². The first-order chi connectivity index (χ1) is 11.6. The first-order valence-electron chi connectivity index (χ1n) is 7.72. The predicted octanol–water partition coefficient (Wildman–Crippen LogP) is 3.09. The van der Waals surface area contributed by atoms with Crippen molar-refractivity contribution in [3.05, 3.63) is 59.7 Å². The number of nitriles is 1. The summed E-state index contributed by atoms with van der Waals surface area (Å²) in [5, 5.41) is 9.01. The average molecular weight is 342 g/mol. The minimum atomic E-state index is -3.65. The molecular formula is C18H18N2O3S. The Bertz CT molecular complexity index is 887. The topological polar surface area (TPSA) is 70.4 Å². The van der Waals surface area contributed by atoms with E-state index in [1.807, 2.05) is 30.3 Å². The van der Waals surface area contributed by atoms with Gasteiger partial charge in [0.1, 0.15) is 5.75 Å². The second kappa shape index (κ2) is 6.63. The SMILES string of the molecule is COc1cccc([C@H]2CCCN2S(=O)(=O)c2cccc(C#N)c2)c1. The van der Waals surface area contributed by atoms with Gasteiger partial charge in [-0.05, 0) is 48.7 Å². The number of hydrogen-bond donors (Lipinski definition) is 0. The summed E-state index contributed by atoms with van der Waals surface area (Å²) >= 11 is 0. The van der Waals surface area contributed by atoms with Gasteiger partial charge in [-0.2, -0.15) is 9.57 Å². The maximum absolute atomic E-state index is 13.0. The van der Waals surface area contributed by atoms with Crippen molar-refractivity contribution in [2.75, 3.05) is 13.7 Å². The number of benzene rings is 2. The lowest BCUT2D eigenvalue weighted by Gasteiger charge is -2.24. The third-order valence-corrected chi connectivity index (χ3v) is 6.16. The number of rotatable bonds is 4. The van der Waals surface area contributed by atoms with E-state index < -0.39 is 10.0 Å². The minimum Gasteiger partial charge on any atom is -0.497 e. The van der Waals surface area contributed by atoms with Gasteiger partial charge in [0.05, 0.1) is 29.7 Å². The summed E-state index contributed by atoms with van der Waals surface area (Å²) in [5.41, 5.74) is 1.26. The highest BCUT2D eigenvalue weighted by Crippen LogP contribution is 2.37. The first kappa shape index (κ1) is 16.5. The number of methoxy groups -OCH3 is 1. The van der Waals surface area contributed by atoms with Crippen molar-refractivity contribution in [1.82, 2.24) is 4.31 Å². The van der Waals surface area contributed by atoms with Crippen LogP contribution in [0.15, 0.2) is 53.4 Å². The summed E-state index contributed by atoms with van der Waals surface area (Å²) in [6, 6.07) is 15.5. The smallest absolute Gasteiger partial charge is 0.243 e. The number of nitrogens with zero attached hydrogens (tertiary/aromatic N) is 2. The standard InChI is InChI=1S/C18H18N2O3S/c1-23-16-7-3-6-15(12-16)18-9-4-10-20(18)24(21,22)17-8-2-5-14(11-17)13-19/h2-3,5-8,11-12,18H,4,9-10H2,1H3/t18-/m1/s1. The molecule has 0 radical (unpaired) electrons. The summed E-state index contributed by atoms with van der Waals surface area (Å²) in [4.78, 5) is 0.163. The molecule has 0 amide bonds. The highest BCUT2D eigenvalue weighted by molar-refractivity contribution is 7.89. The molecule has 2 aromatic carbocycles. The van der Waals surface area contributed by atoms with Crippen molar-refractivity contribution >= 4 is 10.0 Å². The van der Waals surface area contributed by atoms with Crippen LogP contribution in [0.1, 0.15) is 30.0 Å². The van der Waals surface area contributed by atoms with Gasteiger partial charge in [-0.25, -0.2) is 8.42 Å². The van der Waals surface area contributed by atoms with Gasteiger partial charge >= 0.3 is 0 Å². The summed E-state index contributed by atoms with van der Waals surface area (Å²) in [5.74, 6) is 0.711. The molecule has 1 saturated heterocycles. The summed E-state index contributed by atoms with van der Waals surface area (Å²) in [7, 11) is -2.05. The van der Waals surface area contributed by atoms with Crippen LogP contribution >= 0.6 is 0 Å².